The third kappa shape index (κ3) is 3.38. The van der Waals surface area contributed by atoms with Gasteiger partial charge in [-0.25, -0.2) is 0 Å². The molecule has 0 spiro atoms. The molecule has 0 radical (unpaired) electrons. The summed E-state index contributed by atoms with van der Waals surface area (Å²) in [5, 5.41) is 3.42. The van der Waals surface area contributed by atoms with Crippen LogP contribution in [0.1, 0.15) is 32.6 Å². The normalized spacial score (nSPS) is 27.8. The first-order chi connectivity index (χ1) is 6.38. The number of hydrogen-bond donors (Lipinski definition) is 1. The summed E-state index contributed by atoms with van der Waals surface area (Å²) in [5.41, 5.74) is 0. The van der Waals surface area contributed by atoms with Gasteiger partial charge in [-0.3, -0.25) is 0 Å². The van der Waals surface area contributed by atoms with Crippen LogP contribution < -0.4 is 5.32 Å². The third-order valence-corrected chi connectivity index (χ3v) is 2.63. The third-order valence-electron chi connectivity index (χ3n) is 2.63. The molecule has 0 saturated heterocycles. The standard InChI is InChI=1S/C11H19NO/c1-3-4-9-12-10-7-5-6-8-11(10)13-2/h10-12H,5-9H2,1-2H3. The van der Waals surface area contributed by atoms with Gasteiger partial charge in [0, 0.05) is 13.2 Å². The van der Waals surface area contributed by atoms with Gasteiger partial charge in [-0.1, -0.05) is 18.8 Å². The van der Waals surface area contributed by atoms with Gasteiger partial charge in [0.05, 0.1) is 12.6 Å². The topological polar surface area (TPSA) is 21.3 Å². The van der Waals surface area contributed by atoms with Crippen LogP contribution in [0.2, 0.25) is 0 Å². The second-order valence-electron chi connectivity index (χ2n) is 3.47. The van der Waals surface area contributed by atoms with E-state index < -0.39 is 0 Å². The fraction of sp³-hybridized carbons (Fsp3) is 0.818. The maximum Gasteiger partial charge on any atom is 0.0724 e. The van der Waals surface area contributed by atoms with E-state index in [1.165, 1.54) is 25.7 Å². The van der Waals surface area contributed by atoms with Gasteiger partial charge in [0.1, 0.15) is 0 Å². The zero-order valence-corrected chi connectivity index (χ0v) is 8.60. The van der Waals surface area contributed by atoms with E-state index in [-0.39, 0.29) is 0 Å². The highest BCUT2D eigenvalue weighted by atomic mass is 16.5. The molecule has 0 aromatic heterocycles. The van der Waals surface area contributed by atoms with Crippen molar-refractivity contribution >= 4 is 0 Å². The van der Waals surface area contributed by atoms with Gasteiger partial charge in [0.15, 0.2) is 0 Å². The van der Waals surface area contributed by atoms with Gasteiger partial charge >= 0.3 is 0 Å². The lowest BCUT2D eigenvalue weighted by Gasteiger charge is -2.30. The van der Waals surface area contributed by atoms with Gasteiger partial charge in [0.25, 0.3) is 0 Å². The lowest BCUT2D eigenvalue weighted by Crippen LogP contribution is -2.43. The minimum absolute atomic E-state index is 0.396. The Labute approximate surface area is 81.0 Å². The molecule has 0 heterocycles. The molecule has 2 atom stereocenters. The summed E-state index contributed by atoms with van der Waals surface area (Å²) >= 11 is 0. The van der Waals surface area contributed by atoms with Crippen LogP contribution in [0.25, 0.3) is 0 Å². The Morgan fingerprint density at radius 2 is 2.15 bits per heavy atom. The fourth-order valence-corrected chi connectivity index (χ4v) is 1.88. The van der Waals surface area contributed by atoms with Gasteiger partial charge in [-0.15, -0.1) is 5.92 Å². The molecular formula is C11H19NO. The summed E-state index contributed by atoms with van der Waals surface area (Å²) in [5.74, 6) is 5.91. The zero-order chi connectivity index (χ0) is 9.52. The van der Waals surface area contributed by atoms with Crippen LogP contribution >= 0.6 is 0 Å². The molecule has 13 heavy (non-hydrogen) atoms. The lowest BCUT2D eigenvalue weighted by atomic mass is 9.92. The van der Waals surface area contributed by atoms with Crippen LogP contribution in [-0.4, -0.2) is 25.8 Å². The summed E-state index contributed by atoms with van der Waals surface area (Å²) in [4.78, 5) is 0. The van der Waals surface area contributed by atoms with Gasteiger partial charge in [0.2, 0.25) is 0 Å². The van der Waals surface area contributed by atoms with E-state index in [0.29, 0.717) is 12.1 Å². The van der Waals surface area contributed by atoms with Crippen LogP contribution in [-0.2, 0) is 4.74 Å². The number of methoxy groups -OCH3 is 1. The number of nitrogens with one attached hydrogen (secondary N) is 1. The minimum atomic E-state index is 0.396. The Morgan fingerprint density at radius 3 is 2.85 bits per heavy atom. The summed E-state index contributed by atoms with van der Waals surface area (Å²) in [6.45, 7) is 2.66. The molecule has 1 saturated carbocycles. The smallest absolute Gasteiger partial charge is 0.0724 e. The van der Waals surface area contributed by atoms with E-state index in [2.05, 4.69) is 17.2 Å². The first-order valence-corrected chi connectivity index (χ1v) is 5.04. The van der Waals surface area contributed by atoms with Crippen molar-refractivity contribution in [2.45, 2.75) is 44.8 Å². The van der Waals surface area contributed by atoms with Crippen molar-refractivity contribution in [2.24, 2.45) is 0 Å². The van der Waals surface area contributed by atoms with Gasteiger partial charge in [-0.05, 0) is 19.8 Å². The van der Waals surface area contributed by atoms with Gasteiger partial charge < -0.3 is 10.1 Å². The monoisotopic (exact) mass is 181 g/mol. The molecule has 0 aromatic rings. The van der Waals surface area contributed by atoms with Crippen molar-refractivity contribution in [2.75, 3.05) is 13.7 Å². The van der Waals surface area contributed by atoms with Crippen LogP contribution in [0.5, 0.6) is 0 Å². The van der Waals surface area contributed by atoms with E-state index >= 15 is 0 Å². The van der Waals surface area contributed by atoms with E-state index in [1.807, 2.05) is 6.92 Å². The number of rotatable bonds is 3. The van der Waals surface area contributed by atoms with Crippen molar-refractivity contribution in [1.82, 2.24) is 5.32 Å². The van der Waals surface area contributed by atoms with E-state index in [1.54, 1.807) is 7.11 Å². The van der Waals surface area contributed by atoms with E-state index in [0.717, 1.165) is 6.54 Å². The Bertz CT molecular complexity index is 192. The second kappa shape index (κ2) is 6.01. The Morgan fingerprint density at radius 1 is 1.38 bits per heavy atom. The predicted octanol–water partition coefficient (Wildman–Crippen LogP) is 1.56. The second-order valence-corrected chi connectivity index (χ2v) is 3.47. The molecule has 2 nitrogen and oxygen atoms in total. The highest BCUT2D eigenvalue weighted by Crippen LogP contribution is 2.20. The van der Waals surface area contributed by atoms with E-state index in [9.17, 15) is 0 Å². The molecule has 1 rings (SSSR count). The molecule has 0 aliphatic heterocycles. The summed E-state index contributed by atoms with van der Waals surface area (Å²) in [6.07, 6.45) is 5.43. The SMILES string of the molecule is CC#CCNC1CCCCC1OC. The van der Waals surface area contributed by atoms with Gasteiger partial charge in [-0.2, -0.15) is 0 Å². The molecule has 2 heteroatoms. The first kappa shape index (κ1) is 10.6. The van der Waals surface area contributed by atoms with Crippen molar-refractivity contribution < 1.29 is 4.74 Å². The maximum atomic E-state index is 5.42. The fourth-order valence-electron chi connectivity index (χ4n) is 1.88. The van der Waals surface area contributed by atoms with Crippen LogP contribution in [0.4, 0.5) is 0 Å². The summed E-state index contributed by atoms with van der Waals surface area (Å²) in [7, 11) is 1.80. The number of ether oxygens (including phenoxy) is 1. The number of hydrogen-bond acceptors (Lipinski definition) is 2. The van der Waals surface area contributed by atoms with Crippen molar-refractivity contribution in [3.8, 4) is 11.8 Å². The highest BCUT2D eigenvalue weighted by Gasteiger charge is 2.23. The molecule has 1 N–H and O–H groups in total. The Kier molecular flexibility index (Phi) is 4.88. The van der Waals surface area contributed by atoms with Crippen LogP contribution in [0.3, 0.4) is 0 Å². The molecule has 74 valence electrons. The predicted molar refractivity (Wildman–Crippen MR) is 54.5 cm³/mol. The first-order valence-electron chi connectivity index (χ1n) is 5.04. The summed E-state index contributed by atoms with van der Waals surface area (Å²) < 4.78 is 5.42. The van der Waals surface area contributed by atoms with E-state index in [4.69, 9.17) is 4.74 Å². The van der Waals surface area contributed by atoms with Crippen molar-refractivity contribution in [3.63, 3.8) is 0 Å². The highest BCUT2D eigenvalue weighted by molar-refractivity contribution is 4.98. The molecule has 2 unspecified atom stereocenters. The minimum Gasteiger partial charge on any atom is -0.380 e. The Hall–Kier alpha value is -0.520. The molecule has 0 amide bonds. The average molecular weight is 181 g/mol. The summed E-state index contributed by atoms with van der Waals surface area (Å²) in [6, 6.07) is 0.514. The molecule has 1 aliphatic rings. The largest absolute Gasteiger partial charge is 0.380 e. The Balaban J connectivity index is 2.30. The molecule has 1 aliphatic carbocycles. The molecule has 1 fully saturated rings. The van der Waals surface area contributed by atoms with Crippen molar-refractivity contribution in [1.29, 1.82) is 0 Å². The molecule has 0 bridgehead atoms. The average Bonchev–Trinajstić information content (AvgIpc) is 2.19. The van der Waals surface area contributed by atoms with Crippen LogP contribution in [0.15, 0.2) is 0 Å². The lowest BCUT2D eigenvalue weighted by molar-refractivity contribution is 0.0433. The van der Waals surface area contributed by atoms with Crippen molar-refractivity contribution in [3.05, 3.63) is 0 Å². The van der Waals surface area contributed by atoms with Crippen LogP contribution in [0, 0.1) is 11.8 Å². The molecular weight excluding hydrogens is 162 g/mol. The zero-order valence-electron chi connectivity index (χ0n) is 8.60. The maximum absolute atomic E-state index is 5.42. The quantitative estimate of drug-likeness (QED) is 0.667. The molecule has 0 aromatic carbocycles.